The van der Waals surface area contributed by atoms with Crippen molar-refractivity contribution in [2.75, 3.05) is 18.0 Å². The first-order chi connectivity index (χ1) is 12.0. The van der Waals surface area contributed by atoms with Gasteiger partial charge in [0.2, 0.25) is 5.91 Å². The number of pyridine rings is 1. The van der Waals surface area contributed by atoms with Gasteiger partial charge in [-0.25, -0.2) is 9.37 Å². The van der Waals surface area contributed by atoms with Crippen LogP contribution in [-0.2, 0) is 11.3 Å². The van der Waals surface area contributed by atoms with E-state index in [2.05, 4.69) is 31.1 Å². The van der Waals surface area contributed by atoms with Gasteiger partial charge < -0.3 is 10.2 Å². The zero-order valence-corrected chi connectivity index (χ0v) is 15.9. The molecule has 1 aliphatic heterocycles. The first-order valence-electron chi connectivity index (χ1n) is 8.11. The maximum absolute atomic E-state index is 13.3. The Morgan fingerprint density at radius 3 is 2.76 bits per heavy atom. The number of amides is 1. The topological polar surface area (TPSA) is 45.2 Å². The van der Waals surface area contributed by atoms with E-state index in [1.165, 1.54) is 12.1 Å². The van der Waals surface area contributed by atoms with Crippen LogP contribution in [0.5, 0.6) is 0 Å². The first-order valence-corrected chi connectivity index (χ1v) is 9.28. The maximum Gasteiger partial charge on any atom is 0.223 e. The van der Waals surface area contributed by atoms with Crippen molar-refractivity contribution in [1.82, 2.24) is 10.3 Å². The molecule has 0 unspecified atom stereocenters. The van der Waals surface area contributed by atoms with E-state index in [4.69, 9.17) is 11.6 Å². The molecule has 7 heteroatoms. The number of halogens is 3. The Kier molecular flexibility index (Phi) is 5.91. The zero-order chi connectivity index (χ0) is 17.8. The van der Waals surface area contributed by atoms with Gasteiger partial charge in [-0.3, -0.25) is 4.79 Å². The van der Waals surface area contributed by atoms with Crippen LogP contribution in [0.25, 0.3) is 0 Å². The van der Waals surface area contributed by atoms with Gasteiger partial charge in [0.15, 0.2) is 0 Å². The normalized spacial score (nSPS) is 15.2. The molecule has 2 aromatic rings. The summed E-state index contributed by atoms with van der Waals surface area (Å²) in [6, 6.07) is 8.17. The van der Waals surface area contributed by atoms with Crippen LogP contribution < -0.4 is 10.2 Å². The largest absolute Gasteiger partial charge is 0.357 e. The molecule has 0 saturated carbocycles. The van der Waals surface area contributed by atoms with Gasteiger partial charge in [-0.15, -0.1) is 0 Å². The van der Waals surface area contributed by atoms with Crippen LogP contribution in [0.3, 0.4) is 0 Å². The second-order valence-corrected chi connectivity index (χ2v) is 7.34. The molecule has 0 atom stereocenters. The van der Waals surface area contributed by atoms with Crippen molar-refractivity contribution in [1.29, 1.82) is 0 Å². The molecule has 25 heavy (non-hydrogen) atoms. The molecule has 1 saturated heterocycles. The third kappa shape index (κ3) is 4.70. The summed E-state index contributed by atoms with van der Waals surface area (Å²) < 4.78 is 14.1. The number of hydrogen-bond donors (Lipinski definition) is 1. The van der Waals surface area contributed by atoms with Gasteiger partial charge in [-0.05, 0) is 48.7 Å². The number of nitrogens with zero attached hydrogens (tertiary/aromatic N) is 2. The van der Waals surface area contributed by atoms with Crippen molar-refractivity contribution < 1.29 is 9.18 Å². The minimum absolute atomic E-state index is 0.0138. The fourth-order valence-electron chi connectivity index (χ4n) is 2.93. The van der Waals surface area contributed by atoms with Gasteiger partial charge in [-0.1, -0.05) is 27.5 Å². The minimum atomic E-state index is -0.309. The summed E-state index contributed by atoms with van der Waals surface area (Å²) in [5, 5.41) is 3.52. The lowest BCUT2D eigenvalue weighted by molar-refractivity contribution is -0.125. The van der Waals surface area contributed by atoms with Gasteiger partial charge in [0.1, 0.15) is 11.6 Å². The Labute approximate surface area is 159 Å². The summed E-state index contributed by atoms with van der Waals surface area (Å²) in [6.45, 7) is 1.86. The van der Waals surface area contributed by atoms with Gasteiger partial charge in [0, 0.05) is 36.2 Å². The Morgan fingerprint density at radius 1 is 1.32 bits per heavy atom. The number of anilines is 1. The minimum Gasteiger partial charge on any atom is -0.357 e. The molecular formula is C18H18BrClFN3O. The molecule has 4 nitrogen and oxygen atoms in total. The van der Waals surface area contributed by atoms with Crippen LogP contribution >= 0.6 is 27.5 Å². The van der Waals surface area contributed by atoms with Gasteiger partial charge in [0.05, 0.1) is 5.02 Å². The Bertz CT molecular complexity index is 748. The summed E-state index contributed by atoms with van der Waals surface area (Å²) in [6.07, 6.45) is 3.16. The number of piperidine rings is 1. The highest BCUT2D eigenvalue weighted by molar-refractivity contribution is 9.10. The fourth-order valence-corrected chi connectivity index (χ4v) is 3.43. The van der Waals surface area contributed by atoms with E-state index in [0.29, 0.717) is 11.6 Å². The SMILES string of the molecule is O=C(NCc1cc(F)ccc1Br)C1CCN(c2ccc(Cl)cn2)CC1. The molecule has 1 aromatic heterocycles. The van der Waals surface area contributed by atoms with E-state index in [-0.39, 0.29) is 17.6 Å². The predicted molar refractivity (Wildman–Crippen MR) is 100 cm³/mol. The number of benzene rings is 1. The first kappa shape index (κ1) is 18.1. The van der Waals surface area contributed by atoms with Crippen LogP contribution in [0, 0.1) is 11.7 Å². The van der Waals surface area contributed by atoms with E-state index >= 15 is 0 Å². The number of aromatic nitrogens is 1. The Balaban J connectivity index is 1.51. The van der Waals surface area contributed by atoms with Crippen molar-refractivity contribution in [3.05, 3.63) is 57.4 Å². The van der Waals surface area contributed by atoms with E-state index < -0.39 is 0 Å². The lowest BCUT2D eigenvalue weighted by Gasteiger charge is -2.32. The fraction of sp³-hybridized carbons (Fsp3) is 0.333. The molecule has 1 N–H and O–H groups in total. The van der Waals surface area contributed by atoms with E-state index in [1.807, 2.05) is 12.1 Å². The summed E-state index contributed by atoms with van der Waals surface area (Å²) in [5.74, 6) is 0.555. The van der Waals surface area contributed by atoms with E-state index in [0.717, 1.165) is 41.8 Å². The number of carbonyl (C=O) groups is 1. The summed E-state index contributed by atoms with van der Waals surface area (Å²) in [4.78, 5) is 18.9. The molecule has 2 heterocycles. The highest BCUT2D eigenvalue weighted by Crippen LogP contribution is 2.23. The summed E-state index contributed by atoms with van der Waals surface area (Å²) in [7, 11) is 0. The van der Waals surface area contributed by atoms with Gasteiger partial charge in [0.25, 0.3) is 0 Å². The van der Waals surface area contributed by atoms with Gasteiger partial charge >= 0.3 is 0 Å². The van der Waals surface area contributed by atoms with Gasteiger partial charge in [-0.2, -0.15) is 0 Å². The second kappa shape index (κ2) is 8.15. The molecule has 0 spiro atoms. The Hall–Kier alpha value is -1.66. The highest BCUT2D eigenvalue weighted by atomic mass is 79.9. The second-order valence-electron chi connectivity index (χ2n) is 6.05. The molecule has 0 radical (unpaired) electrons. The quantitative estimate of drug-likeness (QED) is 0.798. The van der Waals surface area contributed by atoms with E-state index in [9.17, 15) is 9.18 Å². The van der Waals surface area contributed by atoms with Crippen molar-refractivity contribution in [2.24, 2.45) is 5.92 Å². The molecule has 1 aliphatic rings. The number of nitrogens with one attached hydrogen (secondary N) is 1. The molecule has 1 fully saturated rings. The maximum atomic E-state index is 13.3. The summed E-state index contributed by atoms with van der Waals surface area (Å²) >= 11 is 9.24. The number of carbonyl (C=O) groups excluding carboxylic acids is 1. The molecule has 0 bridgehead atoms. The molecule has 1 amide bonds. The van der Waals surface area contributed by atoms with Crippen LogP contribution in [0.15, 0.2) is 41.0 Å². The molecular weight excluding hydrogens is 409 g/mol. The standard InChI is InChI=1S/C18H18BrClFN3O/c19-16-3-2-15(21)9-13(16)10-23-18(25)12-5-7-24(8-6-12)17-4-1-14(20)11-22-17/h1-4,9,11-12H,5-8,10H2,(H,23,25). The monoisotopic (exact) mass is 425 g/mol. The predicted octanol–water partition coefficient (Wildman–Crippen LogP) is 4.17. The summed E-state index contributed by atoms with van der Waals surface area (Å²) in [5.41, 5.74) is 0.733. The molecule has 132 valence electrons. The zero-order valence-electron chi connectivity index (χ0n) is 13.5. The molecule has 1 aromatic carbocycles. The average Bonchev–Trinajstić information content (AvgIpc) is 2.63. The third-order valence-electron chi connectivity index (χ3n) is 4.36. The lowest BCUT2D eigenvalue weighted by atomic mass is 9.96. The van der Waals surface area contributed by atoms with Crippen LogP contribution in [0.1, 0.15) is 18.4 Å². The Morgan fingerprint density at radius 2 is 2.08 bits per heavy atom. The van der Waals surface area contributed by atoms with Crippen molar-refractivity contribution in [2.45, 2.75) is 19.4 Å². The van der Waals surface area contributed by atoms with Crippen LogP contribution in [-0.4, -0.2) is 24.0 Å². The third-order valence-corrected chi connectivity index (χ3v) is 5.36. The highest BCUT2D eigenvalue weighted by Gasteiger charge is 2.25. The van der Waals surface area contributed by atoms with E-state index in [1.54, 1.807) is 12.3 Å². The van der Waals surface area contributed by atoms with Crippen LogP contribution in [0.4, 0.5) is 10.2 Å². The lowest BCUT2D eigenvalue weighted by Crippen LogP contribution is -2.40. The van der Waals surface area contributed by atoms with Crippen molar-refractivity contribution in [3.8, 4) is 0 Å². The number of hydrogen-bond acceptors (Lipinski definition) is 3. The van der Waals surface area contributed by atoms with Crippen molar-refractivity contribution in [3.63, 3.8) is 0 Å². The van der Waals surface area contributed by atoms with Crippen LogP contribution in [0.2, 0.25) is 5.02 Å². The average molecular weight is 427 g/mol. The van der Waals surface area contributed by atoms with Crippen molar-refractivity contribution >= 4 is 39.3 Å². The molecule has 3 rings (SSSR count). The molecule has 0 aliphatic carbocycles. The smallest absolute Gasteiger partial charge is 0.223 e. The number of rotatable bonds is 4.